The third-order valence-corrected chi connectivity index (χ3v) is 4.55. The molecule has 0 aromatic carbocycles. The third-order valence-electron chi connectivity index (χ3n) is 4.55. The molecule has 31 heavy (non-hydrogen) atoms. The summed E-state index contributed by atoms with van der Waals surface area (Å²) < 4.78 is 54.7. The van der Waals surface area contributed by atoms with Crippen molar-refractivity contribution in [2.75, 3.05) is 11.9 Å². The molecule has 2 amide bonds. The predicted octanol–water partition coefficient (Wildman–Crippen LogP) is 3.60. The summed E-state index contributed by atoms with van der Waals surface area (Å²) >= 11 is 0. The van der Waals surface area contributed by atoms with Crippen molar-refractivity contribution in [1.82, 2.24) is 15.3 Å². The zero-order chi connectivity index (χ0) is 22.6. The normalized spacial score (nSPS) is 14.8. The molecule has 2 N–H and O–H groups in total. The van der Waals surface area contributed by atoms with Crippen LogP contribution in [0.2, 0.25) is 0 Å². The SMILES string of the molecule is CC(NC(=O)c1ccc(OCC(F)(F)C(F)F)cn1)c1ccnc(NC(=O)C2CC2)c1. The number of ether oxygens (including phenoxy) is 1. The van der Waals surface area contributed by atoms with Gasteiger partial charge in [0.1, 0.15) is 17.3 Å². The summed E-state index contributed by atoms with van der Waals surface area (Å²) in [7, 11) is 0. The minimum absolute atomic E-state index is 0.0175. The number of carbonyl (C=O) groups is 2. The van der Waals surface area contributed by atoms with Gasteiger partial charge in [0.05, 0.1) is 12.2 Å². The minimum Gasteiger partial charge on any atom is -0.485 e. The number of anilines is 1. The summed E-state index contributed by atoms with van der Waals surface area (Å²) in [5.74, 6) is -4.67. The van der Waals surface area contributed by atoms with E-state index in [0.717, 1.165) is 19.0 Å². The lowest BCUT2D eigenvalue weighted by Crippen LogP contribution is -2.33. The molecule has 2 aromatic rings. The Morgan fingerprint density at radius 2 is 1.97 bits per heavy atom. The molecule has 1 aliphatic carbocycles. The quantitative estimate of drug-likeness (QED) is 0.582. The van der Waals surface area contributed by atoms with E-state index in [4.69, 9.17) is 0 Å². The number of halogens is 4. The van der Waals surface area contributed by atoms with Crippen LogP contribution in [-0.2, 0) is 4.79 Å². The number of nitrogens with zero attached hydrogens (tertiary/aromatic N) is 2. The zero-order valence-electron chi connectivity index (χ0n) is 16.4. The first-order chi connectivity index (χ1) is 14.7. The van der Waals surface area contributed by atoms with Gasteiger partial charge in [0.2, 0.25) is 5.91 Å². The average Bonchev–Trinajstić information content (AvgIpc) is 3.58. The van der Waals surface area contributed by atoms with Gasteiger partial charge in [-0.25, -0.2) is 18.7 Å². The summed E-state index contributed by atoms with van der Waals surface area (Å²) in [5, 5.41) is 5.45. The molecule has 0 spiro atoms. The Balaban J connectivity index is 1.56. The summed E-state index contributed by atoms with van der Waals surface area (Å²) in [5.41, 5.74) is 0.680. The number of pyridine rings is 2. The highest BCUT2D eigenvalue weighted by Crippen LogP contribution is 2.30. The number of rotatable bonds is 9. The van der Waals surface area contributed by atoms with Crippen LogP contribution in [0.5, 0.6) is 5.75 Å². The van der Waals surface area contributed by atoms with Crippen LogP contribution < -0.4 is 15.4 Å². The van der Waals surface area contributed by atoms with E-state index in [1.807, 2.05) is 0 Å². The van der Waals surface area contributed by atoms with Crippen molar-refractivity contribution in [1.29, 1.82) is 0 Å². The fourth-order valence-electron chi connectivity index (χ4n) is 2.55. The second kappa shape index (κ2) is 9.27. The second-order valence-electron chi connectivity index (χ2n) is 7.16. The van der Waals surface area contributed by atoms with Crippen molar-refractivity contribution in [3.8, 4) is 5.75 Å². The Labute approximate surface area is 175 Å². The molecule has 1 fully saturated rings. The molecular weight excluding hydrogens is 420 g/mol. The van der Waals surface area contributed by atoms with E-state index < -0.39 is 30.9 Å². The lowest BCUT2D eigenvalue weighted by Gasteiger charge is -2.16. The first-order valence-corrected chi connectivity index (χ1v) is 9.48. The molecule has 166 valence electrons. The zero-order valence-corrected chi connectivity index (χ0v) is 16.4. The predicted molar refractivity (Wildman–Crippen MR) is 102 cm³/mol. The number of amides is 2. The molecule has 1 aliphatic rings. The highest BCUT2D eigenvalue weighted by Gasteiger charge is 2.41. The van der Waals surface area contributed by atoms with E-state index in [1.54, 1.807) is 19.1 Å². The van der Waals surface area contributed by atoms with Gasteiger partial charge in [0.15, 0.2) is 6.61 Å². The Morgan fingerprint density at radius 3 is 2.58 bits per heavy atom. The molecular formula is C20H20F4N4O3. The molecule has 1 saturated carbocycles. The number of alkyl halides is 4. The van der Waals surface area contributed by atoms with Crippen molar-refractivity contribution < 1.29 is 31.9 Å². The summed E-state index contributed by atoms with van der Waals surface area (Å²) in [4.78, 5) is 32.2. The Hall–Kier alpha value is -3.24. The largest absolute Gasteiger partial charge is 0.485 e. The van der Waals surface area contributed by atoms with Gasteiger partial charge in [0.25, 0.3) is 5.91 Å². The van der Waals surface area contributed by atoms with Crippen LogP contribution in [0.4, 0.5) is 23.4 Å². The topological polar surface area (TPSA) is 93.2 Å². The van der Waals surface area contributed by atoms with Gasteiger partial charge in [0, 0.05) is 12.1 Å². The Morgan fingerprint density at radius 1 is 1.23 bits per heavy atom. The Bertz CT molecular complexity index is 936. The van der Waals surface area contributed by atoms with Crippen molar-refractivity contribution in [2.45, 2.75) is 38.2 Å². The van der Waals surface area contributed by atoms with Gasteiger partial charge in [-0.1, -0.05) is 0 Å². The van der Waals surface area contributed by atoms with Crippen LogP contribution in [0, 0.1) is 5.92 Å². The number of hydrogen-bond acceptors (Lipinski definition) is 5. The Kier molecular flexibility index (Phi) is 6.71. The van der Waals surface area contributed by atoms with E-state index in [0.29, 0.717) is 11.4 Å². The van der Waals surface area contributed by atoms with Gasteiger partial charge < -0.3 is 15.4 Å². The first-order valence-electron chi connectivity index (χ1n) is 9.48. The van der Waals surface area contributed by atoms with Crippen LogP contribution in [-0.4, -0.2) is 40.7 Å². The van der Waals surface area contributed by atoms with E-state index >= 15 is 0 Å². The molecule has 1 unspecified atom stereocenters. The second-order valence-corrected chi connectivity index (χ2v) is 7.16. The summed E-state index contributed by atoms with van der Waals surface area (Å²) in [6, 6.07) is 5.30. The highest BCUT2D eigenvalue weighted by molar-refractivity contribution is 5.93. The number of aromatic nitrogens is 2. The first kappa shape index (κ1) is 22.4. The van der Waals surface area contributed by atoms with E-state index in [1.165, 1.54) is 18.3 Å². The number of hydrogen-bond donors (Lipinski definition) is 2. The maximum Gasteiger partial charge on any atom is 0.340 e. The molecule has 2 aromatic heterocycles. The number of carbonyl (C=O) groups excluding carboxylic acids is 2. The average molecular weight is 440 g/mol. The lowest BCUT2D eigenvalue weighted by atomic mass is 10.1. The number of nitrogens with one attached hydrogen (secondary N) is 2. The molecule has 1 atom stereocenters. The molecule has 2 heterocycles. The van der Waals surface area contributed by atoms with Gasteiger partial charge in [-0.05, 0) is 49.6 Å². The molecule has 3 rings (SSSR count). The fourth-order valence-corrected chi connectivity index (χ4v) is 2.55. The third kappa shape index (κ3) is 6.12. The van der Waals surface area contributed by atoms with Crippen LogP contribution in [0.15, 0.2) is 36.7 Å². The van der Waals surface area contributed by atoms with Crippen LogP contribution in [0.1, 0.15) is 41.9 Å². The molecule has 7 nitrogen and oxygen atoms in total. The van der Waals surface area contributed by atoms with Crippen LogP contribution in [0.3, 0.4) is 0 Å². The van der Waals surface area contributed by atoms with Crippen LogP contribution >= 0.6 is 0 Å². The van der Waals surface area contributed by atoms with Crippen molar-refractivity contribution in [3.05, 3.63) is 47.9 Å². The van der Waals surface area contributed by atoms with Crippen molar-refractivity contribution in [3.63, 3.8) is 0 Å². The van der Waals surface area contributed by atoms with Gasteiger partial charge in [-0.3, -0.25) is 9.59 Å². The smallest absolute Gasteiger partial charge is 0.340 e. The molecule has 0 bridgehead atoms. The van der Waals surface area contributed by atoms with Gasteiger partial charge in [-0.15, -0.1) is 0 Å². The van der Waals surface area contributed by atoms with Crippen molar-refractivity contribution in [2.24, 2.45) is 5.92 Å². The van der Waals surface area contributed by atoms with Gasteiger partial charge in [-0.2, -0.15) is 8.78 Å². The lowest BCUT2D eigenvalue weighted by molar-refractivity contribution is -0.148. The standard InChI is InChI=1S/C20H20F4N4O3/c1-11(13-6-7-25-16(8-13)28-17(29)12-2-3-12)27-18(30)15-5-4-14(9-26-15)31-10-20(23,24)19(21)22/h4-9,11-12,19H,2-3,10H2,1H3,(H,27,30)(H,25,28,29). The molecule has 11 heteroatoms. The molecule has 0 saturated heterocycles. The van der Waals surface area contributed by atoms with E-state index in [-0.39, 0.29) is 23.3 Å². The maximum atomic E-state index is 12.9. The maximum absolute atomic E-state index is 12.9. The highest BCUT2D eigenvalue weighted by atomic mass is 19.3. The monoisotopic (exact) mass is 440 g/mol. The molecule has 0 radical (unpaired) electrons. The summed E-state index contributed by atoms with van der Waals surface area (Å²) in [6.07, 6.45) is 0.397. The minimum atomic E-state index is -4.28. The van der Waals surface area contributed by atoms with Gasteiger partial charge >= 0.3 is 12.3 Å². The van der Waals surface area contributed by atoms with E-state index in [9.17, 15) is 27.2 Å². The van der Waals surface area contributed by atoms with Crippen LogP contribution in [0.25, 0.3) is 0 Å². The summed E-state index contributed by atoms with van der Waals surface area (Å²) in [6.45, 7) is 0.222. The van der Waals surface area contributed by atoms with Crippen molar-refractivity contribution >= 4 is 17.6 Å². The fraction of sp³-hybridized carbons (Fsp3) is 0.400. The van der Waals surface area contributed by atoms with E-state index in [2.05, 4.69) is 25.3 Å². The molecule has 0 aliphatic heterocycles.